The van der Waals surface area contributed by atoms with E-state index >= 15 is 0 Å². The van der Waals surface area contributed by atoms with E-state index in [9.17, 15) is 9.59 Å². The highest BCUT2D eigenvalue weighted by Crippen LogP contribution is 2.21. The van der Waals surface area contributed by atoms with Crippen LogP contribution in [0, 0.1) is 0 Å². The zero-order valence-electron chi connectivity index (χ0n) is 16.0. The highest BCUT2D eigenvalue weighted by atomic mass is 16.5. The fraction of sp³-hybridized carbons (Fsp3) is 0.381. The summed E-state index contributed by atoms with van der Waals surface area (Å²) in [5, 5.41) is 0. The molecule has 1 amide bonds. The van der Waals surface area contributed by atoms with E-state index in [4.69, 9.17) is 9.47 Å². The van der Waals surface area contributed by atoms with Gasteiger partial charge in [0.05, 0.1) is 19.6 Å². The third-order valence-electron chi connectivity index (χ3n) is 4.55. The molecule has 7 heteroatoms. The van der Waals surface area contributed by atoms with Crippen LogP contribution < -0.4 is 9.64 Å². The van der Waals surface area contributed by atoms with Crippen LogP contribution in [0.3, 0.4) is 0 Å². The van der Waals surface area contributed by atoms with Crippen molar-refractivity contribution >= 4 is 17.6 Å². The van der Waals surface area contributed by atoms with E-state index < -0.39 is 6.23 Å². The molecule has 3 rings (SSSR count). The molecule has 7 nitrogen and oxygen atoms in total. The van der Waals surface area contributed by atoms with Crippen LogP contribution in [-0.4, -0.2) is 54.2 Å². The largest absolute Gasteiger partial charge is 0.470 e. The van der Waals surface area contributed by atoms with Gasteiger partial charge in [-0.05, 0) is 31.2 Å². The quantitative estimate of drug-likeness (QED) is 0.652. The smallest absolute Gasteiger partial charge is 0.305 e. The van der Waals surface area contributed by atoms with Gasteiger partial charge in [-0.2, -0.15) is 0 Å². The summed E-state index contributed by atoms with van der Waals surface area (Å²) in [6, 6.07) is 13.1. The second kappa shape index (κ2) is 9.73. The topological polar surface area (TPSA) is 72.0 Å². The van der Waals surface area contributed by atoms with Gasteiger partial charge in [0.1, 0.15) is 5.75 Å². The SMILES string of the molecule is CCOC(=O)CCC(Oc1ccccc1)N1CCN(c2ccncc2)CC1=O. The summed E-state index contributed by atoms with van der Waals surface area (Å²) < 4.78 is 11.1. The van der Waals surface area contributed by atoms with E-state index in [2.05, 4.69) is 4.98 Å². The molecule has 1 saturated heterocycles. The van der Waals surface area contributed by atoms with Crippen molar-refractivity contribution in [2.75, 3.05) is 31.1 Å². The first-order valence-corrected chi connectivity index (χ1v) is 9.49. The second-order valence-electron chi connectivity index (χ2n) is 6.44. The van der Waals surface area contributed by atoms with Crippen molar-refractivity contribution in [3.63, 3.8) is 0 Å². The number of esters is 1. The van der Waals surface area contributed by atoms with Crippen LogP contribution in [0.1, 0.15) is 19.8 Å². The number of aromatic nitrogens is 1. The van der Waals surface area contributed by atoms with E-state index in [1.165, 1.54) is 0 Å². The minimum absolute atomic E-state index is 0.0344. The van der Waals surface area contributed by atoms with Gasteiger partial charge in [-0.25, -0.2) is 0 Å². The zero-order chi connectivity index (χ0) is 19.8. The highest BCUT2D eigenvalue weighted by Gasteiger charge is 2.31. The van der Waals surface area contributed by atoms with Crippen LogP contribution in [0.5, 0.6) is 5.75 Å². The lowest BCUT2D eigenvalue weighted by Gasteiger charge is -2.39. The number of piperazine rings is 1. The van der Waals surface area contributed by atoms with Crippen LogP contribution >= 0.6 is 0 Å². The first-order chi connectivity index (χ1) is 13.7. The molecular formula is C21H25N3O4. The summed E-state index contributed by atoms with van der Waals surface area (Å²) in [7, 11) is 0. The summed E-state index contributed by atoms with van der Waals surface area (Å²) in [5.74, 6) is 0.348. The molecule has 2 aromatic rings. The molecule has 0 aliphatic carbocycles. The number of hydrogen-bond acceptors (Lipinski definition) is 6. The van der Waals surface area contributed by atoms with E-state index in [-0.39, 0.29) is 24.8 Å². The molecule has 1 atom stereocenters. The van der Waals surface area contributed by atoms with Gasteiger partial charge >= 0.3 is 5.97 Å². The zero-order valence-corrected chi connectivity index (χ0v) is 16.0. The van der Waals surface area contributed by atoms with Crippen molar-refractivity contribution in [2.45, 2.75) is 26.0 Å². The van der Waals surface area contributed by atoms with Crippen molar-refractivity contribution in [1.29, 1.82) is 0 Å². The number of anilines is 1. The number of benzene rings is 1. The van der Waals surface area contributed by atoms with Gasteiger partial charge in [-0.1, -0.05) is 18.2 Å². The van der Waals surface area contributed by atoms with Crippen molar-refractivity contribution in [1.82, 2.24) is 9.88 Å². The van der Waals surface area contributed by atoms with E-state index in [0.717, 1.165) is 5.69 Å². The second-order valence-corrected chi connectivity index (χ2v) is 6.44. The van der Waals surface area contributed by atoms with Gasteiger partial charge in [0.25, 0.3) is 0 Å². The third-order valence-corrected chi connectivity index (χ3v) is 4.55. The number of ether oxygens (including phenoxy) is 2. The van der Waals surface area contributed by atoms with Crippen LogP contribution in [-0.2, 0) is 14.3 Å². The Bertz CT molecular complexity index is 770. The molecule has 28 heavy (non-hydrogen) atoms. The fourth-order valence-electron chi connectivity index (χ4n) is 3.18. The summed E-state index contributed by atoms with van der Waals surface area (Å²) in [6.45, 7) is 3.58. The number of carbonyl (C=O) groups excluding carboxylic acids is 2. The maximum absolute atomic E-state index is 12.9. The molecule has 1 aromatic heterocycles. The third kappa shape index (κ3) is 5.22. The van der Waals surface area contributed by atoms with Crippen molar-refractivity contribution in [3.8, 4) is 5.75 Å². The number of nitrogens with zero attached hydrogens (tertiary/aromatic N) is 3. The molecule has 0 N–H and O–H groups in total. The van der Waals surface area contributed by atoms with Gasteiger partial charge in [0.2, 0.25) is 5.91 Å². The Kier molecular flexibility index (Phi) is 6.84. The van der Waals surface area contributed by atoms with Crippen LogP contribution in [0.4, 0.5) is 5.69 Å². The maximum Gasteiger partial charge on any atom is 0.305 e. The molecule has 0 spiro atoms. The Morgan fingerprint density at radius 3 is 2.57 bits per heavy atom. The average Bonchev–Trinajstić information content (AvgIpc) is 2.73. The van der Waals surface area contributed by atoms with Crippen LogP contribution in [0.2, 0.25) is 0 Å². The maximum atomic E-state index is 12.9. The number of carbonyl (C=O) groups is 2. The van der Waals surface area contributed by atoms with Crippen molar-refractivity contribution in [3.05, 3.63) is 54.9 Å². The lowest BCUT2D eigenvalue weighted by Crippen LogP contribution is -2.55. The molecule has 0 saturated carbocycles. The highest BCUT2D eigenvalue weighted by molar-refractivity contribution is 5.83. The minimum Gasteiger partial charge on any atom is -0.470 e. The average molecular weight is 383 g/mol. The molecule has 2 heterocycles. The van der Waals surface area contributed by atoms with E-state index in [0.29, 0.717) is 31.9 Å². The first-order valence-electron chi connectivity index (χ1n) is 9.49. The molecule has 1 aliphatic heterocycles. The summed E-state index contributed by atoms with van der Waals surface area (Å²) >= 11 is 0. The summed E-state index contributed by atoms with van der Waals surface area (Å²) in [5.41, 5.74) is 0.968. The Balaban J connectivity index is 1.68. The van der Waals surface area contributed by atoms with Crippen molar-refractivity contribution in [2.24, 2.45) is 0 Å². The summed E-state index contributed by atoms with van der Waals surface area (Å²) in [6.07, 6.45) is 3.50. The molecule has 0 radical (unpaired) electrons. The molecule has 148 valence electrons. The molecule has 1 aliphatic rings. The number of para-hydroxylation sites is 1. The lowest BCUT2D eigenvalue weighted by molar-refractivity contribution is -0.147. The van der Waals surface area contributed by atoms with Gasteiger partial charge < -0.3 is 19.3 Å². The van der Waals surface area contributed by atoms with E-state index in [1.807, 2.05) is 47.4 Å². The van der Waals surface area contributed by atoms with Gasteiger partial charge in [-0.3, -0.25) is 14.6 Å². The Morgan fingerprint density at radius 1 is 1.14 bits per heavy atom. The molecule has 0 bridgehead atoms. The van der Waals surface area contributed by atoms with E-state index in [1.54, 1.807) is 24.2 Å². The van der Waals surface area contributed by atoms with Gasteiger partial charge in [0.15, 0.2) is 6.23 Å². The number of hydrogen-bond donors (Lipinski definition) is 0. The first kappa shape index (κ1) is 19.7. The fourth-order valence-corrected chi connectivity index (χ4v) is 3.18. The predicted octanol–water partition coefficient (Wildman–Crippen LogP) is 2.48. The monoisotopic (exact) mass is 383 g/mol. The number of amides is 1. The normalized spacial score (nSPS) is 15.2. The molecule has 1 fully saturated rings. The minimum atomic E-state index is -0.515. The van der Waals surface area contributed by atoms with Crippen LogP contribution in [0.25, 0.3) is 0 Å². The number of rotatable bonds is 8. The lowest BCUT2D eigenvalue weighted by atomic mass is 10.2. The summed E-state index contributed by atoms with van der Waals surface area (Å²) in [4.78, 5) is 32.4. The van der Waals surface area contributed by atoms with Gasteiger partial charge in [0, 0.05) is 37.6 Å². The van der Waals surface area contributed by atoms with Crippen molar-refractivity contribution < 1.29 is 19.1 Å². The molecule has 1 aromatic carbocycles. The number of pyridine rings is 1. The van der Waals surface area contributed by atoms with Crippen LogP contribution in [0.15, 0.2) is 54.9 Å². The Labute approximate surface area is 164 Å². The standard InChI is InChI=1S/C21H25N3O4/c1-2-27-21(26)9-8-20(28-18-6-4-3-5-7-18)24-15-14-23(16-19(24)25)17-10-12-22-13-11-17/h3-7,10-13,20H,2,8-9,14-16H2,1H3. The molecular weight excluding hydrogens is 358 g/mol. The predicted molar refractivity (Wildman–Crippen MR) is 105 cm³/mol. The Morgan fingerprint density at radius 2 is 1.89 bits per heavy atom. The molecule has 1 unspecified atom stereocenters. The Hall–Kier alpha value is -3.09. The van der Waals surface area contributed by atoms with Gasteiger partial charge in [-0.15, -0.1) is 0 Å².